The van der Waals surface area contributed by atoms with E-state index in [1.807, 2.05) is 0 Å². The van der Waals surface area contributed by atoms with Crippen molar-refractivity contribution in [1.29, 1.82) is 0 Å². The molecule has 98 valence electrons. The predicted octanol–water partition coefficient (Wildman–Crippen LogP) is 2.15. The SMILES string of the molecule is COC(=O)CC1(CSc2ncnc(N)c2Cl)CC1. The standard InChI is InChI=1S/C11H14ClN3O2S/c1-17-7(16)4-11(2-3-11)5-18-10-8(12)9(13)14-6-15-10/h6H,2-5H2,1H3,(H2,13,14,15). The summed E-state index contributed by atoms with van der Waals surface area (Å²) in [6.07, 6.45) is 3.92. The van der Waals surface area contributed by atoms with Crippen molar-refractivity contribution < 1.29 is 9.53 Å². The van der Waals surface area contributed by atoms with Gasteiger partial charge in [-0.15, -0.1) is 11.8 Å². The highest BCUT2D eigenvalue weighted by molar-refractivity contribution is 7.99. The van der Waals surface area contributed by atoms with Crippen LogP contribution in [-0.4, -0.2) is 28.8 Å². The lowest BCUT2D eigenvalue weighted by molar-refractivity contribution is -0.141. The number of nitrogen functional groups attached to an aromatic ring is 1. The van der Waals surface area contributed by atoms with Crippen LogP contribution in [0, 0.1) is 5.41 Å². The lowest BCUT2D eigenvalue weighted by Gasteiger charge is -2.13. The Bertz CT molecular complexity index is 466. The normalized spacial score (nSPS) is 16.3. The third-order valence-electron chi connectivity index (χ3n) is 3.00. The van der Waals surface area contributed by atoms with E-state index in [4.69, 9.17) is 22.1 Å². The van der Waals surface area contributed by atoms with E-state index in [9.17, 15) is 4.79 Å². The van der Waals surface area contributed by atoms with Crippen molar-refractivity contribution in [3.05, 3.63) is 11.3 Å². The van der Waals surface area contributed by atoms with Crippen LogP contribution in [0.5, 0.6) is 0 Å². The Labute approximate surface area is 114 Å². The van der Waals surface area contributed by atoms with Crippen LogP contribution >= 0.6 is 23.4 Å². The smallest absolute Gasteiger partial charge is 0.306 e. The highest BCUT2D eigenvalue weighted by Gasteiger charge is 2.44. The first-order chi connectivity index (χ1) is 8.56. The first kappa shape index (κ1) is 13.4. The lowest BCUT2D eigenvalue weighted by Crippen LogP contribution is -2.13. The van der Waals surface area contributed by atoms with E-state index in [1.54, 1.807) is 0 Å². The first-order valence-corrected chi connectivity index (χ1v) is 6.88. The lowest BCUT2D eigenvalue weighted by atomic mass is 10.1. The second-order valence-corrected chi connectivity index (χ2v) is 5.76. The number of methoxy groups -OCH3 is 1. The number of esters is 1. The molecule has 0 bridgehead atoms. The van der Waals surface area contributed by atoms with Crippen molar-refractivity contribution in [2.24, 2.45) is 5.41 Å². The van der Waals surface area contributed by atoms with Gasteiger partial charge in [0.1, 0.15) is 22.2 Å². The minimum absolute atomic E-state index is 0.0425. The molecule has 0 aromatic carbocycles. The predicted molar refractivity (Wildman–Crippen MR) is 70.5 cm³/mol. The maximum absolute atomic E-state index is 11.3. The van der Waals surface area contributed by atoms with Crippen LogP contribution in [0.15, 0.2) is 11.4 Å². The Morgan fingerprint density at radius 2 is 2.33 bits per heavy atom. The Morgan fingerprint density at radius 3 is 2.94 bits per heavy atom. The van der Waals surface area contributed by atoms with Gasteiger partial charge in [0.15, 0.2) is 0 Å². The summed E-state index contributed by atoms with van der Waals surface area (Å²) >= 11 is 7.53. The van der Waals surface area contributed by atoms with E-state index in [-0.39, 0.29) is 17.2 Å². The zero-order chi connectivity index (χ0) is 13.2. The largest absolute Gasteiger partial charge is 0.469 e. The molecule has 0 aliphatic heterocycles. The zero-order valence-electron chi connectivity index (χ0n) is 9.98. The molecule has 2 rings (SSSR count). The Hall–Kier alpha value is -1.01. The fourth-order valence-corrected chi connectivity index (χ4v) is 3.06. The van der Waals surface area contributed by atoms with Crippen LogP contribution in [0.4, 0.5) is 5.82 Å². The average Bonchev–Trinajstić information content (AvgIpc) is 3.11. The summed E-state index contributed by atoms with van der Waals surface area (Å²) in [5, 5.41) is 1.05. The highest BCUT2D eigenvalue weighted by Crippen LogP contribution is 2.52. The van der Waals surface area contributed by atoms with E-state index in [1.165, 1.54) is 25.2 Å². The van der Waals surface area contributed by atoms with Crippen LogP contribution < -0.4 is 5.73 Å². The number of anilines is 1. The average molecular weight is 288 g/mol. The van der Waals surface area contributed by atoms with Crippen LogP contribution in [0.25, 0.3) is 0 Å². The molecule has 1 saturated carbocycles. The van der Waals surface area contributed by atoms with Crippen LogP contribution in [0.3, 0.4) is 0 Å². The minimum atomic E-state index is -0.165. The number of halogens is 1. The minimum Gasteiger partial charge on any atom is -0.469 e. The van der Waals surface area contributed by atoms with Gasteiger partial charge in [-0.3, -0.25) is 4.79 Å². The number of hydrogen-bond donors (Lipinski definition) is 1. The molecule has 1 aliphatic rings. The molecule has 7 heteroatoms. The highest BCUT2D eigenvalue weighted by atomic mass is 35.5. The monoisotopic (exact) mass is 287 g/mol. The summed E-state index contributed by atoms with van der Waals surface area (Å²) < 4.78 is 4.70. The van der Waals surface area contributed by atoms with Gasteiger partial charge in [0, 0.05) is 5.75 Å². The van der Waals surface area contributed by atoms with Crippen molar-refractivity contribution in [2.45, 2.75) is 24.3 Å². The Balaban J connectivity index is 1.95. The van der Waals surface area contributed by atoms with Gasteiger partial charge in [0.25, 0.3) is 0 Å². The number of rotatable bonds is 5. The number of carbonyl (C=O) groups is 1. The number of nitrogens with zero attached hydrogens (tertiary/aromatic N) is 2. The molecule has 1 aromatic rings. The summed E-state index contributed by atoms with van der Waals surface area (Å²) in [6.45, 7) is 0. The van der Waals surface area contributed by atoms with E-state index < -0.39 is 0 Å². The van der Waals surface area contributed by atoms with Crippen LogP contribution in [0.2, 0.25) is 5.02 Å². The molecule has 0 atom stereocenters. The number of thioether (sulfide) groups is 1. The van der Waals surface area contributed by atoms with Crippen molar-refractivity contribution in [3.8, 4) is 0 Å². The second-order valence-electron chi connectivity index (χ2n) is 4.42. The molecule has 2 N–H and O–H groups in total. The summed E-state index contributed by atoms with van der Waals surface area (Å²) in [7, 11) is 1.41. The van der Waals surface area contributed by atoms with Gasteiger partial charge in [-0.25, -0.2) is 9.97 Å². The molecule has 0 radical (unpaired) electrons. The quantitative estimate of drug-likeness (QED) is 0.508. The van der Waals surface area contributed by atoms with Crippen LogP contribution in [0.1, 0.15) is 19.3 Å². The third-order valence-corrected chi connectivity index (χ3v) is 4.83. The van der Waals surface area contributed by atoms with E-state index in [0.717, 1.165) is 18.6 Å². The summed E-state index contributed by atoms with van der Waals surface area (Å²) in [5.74, 6) is 0.909. The third kappa shape index (κ3) is 3.05. The fourth-order valence-electron chi connectivity index (χ4n) is 1.62. The maximum Gasteiger partial charge on any atom is 0.306 e. The molecule has 1 heterocycles. The second kappa shape index (κ2) is 5.32. The van der Waals surface area contributed by atoms with Gasteiger partial charge in [0.2, 0.25) is 0 Å². The Kier molecular flexibility index (Phi) is 3.97. The molecule has 1 aliphatic carbocycles. The molecule has 5 nitrogen and oxygen atoms in total. The van der Waals surface area contributed by atoms with Crippen molar-refractivity contribution in [2.75, 3.05) is 18.6 Å². The van der Waals surface area contributed by atoms with Gasteiger partial charge >= 0.3 is 5.97 Å². The van der Waals surface area contributed by atoms with Crippen molar-refractivity contribution in [3.63, 3.8) is 0 Å². The number of ether oxygens (including phenoxy) is 1. The molecule has 1 fully saturated rings. The summed E-state index contributed by atoms with van der Waals surface area (Å²) in [4.78, 5) is 19.2. The summed E-state index contributed by atoms with van der Waals surface area (Å²) in [5.41, 5.74) is 5.65. The number of nitrogens with two attached hydrogens (primary N) is 1. The molecule has 0 spiro atoms. The van der Waals surface area contributed by atoms with E-state index in [0.29, 0.717) is 16.5 Å². The Morgan fingerprint density at radius 1 is 1.61 bits per heavy atom. The number of hydrogen-bond acceptors (Lipinski definition) is 6. The number of carbonyl (C=O) groups excluding carboxylic acids is 1. The van der Waals surface area contributed by atoms with Gasteiger partial charge in [-0.2, -0.15) is 0 Å². The maximum atomic E-state index is 11.3. The molecule has 18 heavy (non-hydrogen) atoms. The van der Waals surface area contributed by atoms with E-state index >= 15 is 0 Å². The van der Waals surface area contributed by atoms with Gasteiger partial charge < -0.3 is 10.5 Å². The molecule has 0 unspecified atom stereocenters. The fraction of sp³-hybridized carbons (Fsp3) is 0.545. The molecular formula is C11H14ClN3O2S. The van der Waals surface area contributed by atoms with Gasteiger partial charge in [-0.05, 0) is 18.3 Å². The van der Waals surface area contributed by atoms with Crippen molar-refractivity contribution in [1.82, 2.24) is 9.97 Å². The van der Waals surface area contributed by atoms with Gasteiger partial charge in [-0.1, -0.05) is 11.6 Å². The molecule has 0 amide bonds. The van der Waals surface area contributed by atoms with Crippen molar-refractivity contribution >= 4 is 35.1 Å². The molecule has 0 saturated heterocycles. The molecule has 1 aromatic heterocycles. The number of aromatic nitrogens is 2. The zero-order valence-corrected chi connectivity index (χ0v) is 11.6. The topological polar surface area (TPSA) is 78.1 Å². The summed E-state index contributed by atoms with van der Waals surface area (Å²) in [6, 6.07) is 0. The first-order valence-electron chi connectivity index (χ1n) is 5.52. The molecular weight excluding hydrogens is 274 g/mol. The van der Waals surface area contributed by atoms with Crippen LogP contribution in [-0.2, 0) is 9.53 Å². The van der Waals surface area contributed by atoms with E-state index in [2.05, 4.69) is 9.97 Å². The van der Waals surface area contributed by atoms with Gasteiger partial charge in [0.05, 0.1) is 13.5 Å².